The summed E-state index contributed by atoms with van der Waals surface area (Å²) in [6, 6.07) is 10.2. The molecule has 1 aromatic heterocycles. The van der Waals surface area contributed by atoms with Gasteiger partial charge in [0.15, 0.2) is 11.5 Å². The lowest BCUT2D eigenvalue weighted by molar-refractivity contribution is -0.114. The summed E-state index contributed by atoms with van der Waals surface area (Å²) in [6.45, 7) is 3.22. The first-order valence-electron chi connectivity index (χ1n) is 9.28. The number of carbonyl (C=O) groups is 3. The van der Waals surface area contributed by atoms with Gasteiger partial charge in [0.25, 0.3) is 0 Å². The molecule has 1 amide bonds. The third-order valence-corrected chi connectivity index (χ3v) is 4.46. The number of benzene rings is 2. The van der Waals surface area contributed by atoms with Gasteiger partial charge in [0.1, 0.15) is 11.3 Å². The van der Waals surface area contributed by atoms with E-state index in [0.717, 1.165) is 0 Å². The van der Waals surface area contributed by atoms with Gasteiger partial charge < -0.3 is 24.5 Å². The zero-order valence-electron chi connectivity index (χ0n) is 17.1. The Morgan fingerprint density at radius 3 is 2.27 bits per heavy atom. The second kappa shape index (κ2) is 8.69. The van der Waals surface area contributed by atoms with Crippen molar-refractivity contribution in [3.63, 3.8) is 0 Å². The molecule has 0 atom stereocenters. The summed E-state index contributed by atoms with van der Waals surface area (Å²) in [5.74, 6) is -0.943. The van der Waals surface area contributed by atoms with Crippen LogP contribution in [0.25, 0.3) is 10.9 Å². The molecule has 0 fully saturated rings. The molecular weight excluding hydrogens is 388 g/mol. The molecule has 3 aromatic rings. The van der Waals surface area contributed by atoms with Crippen LogP contribution < -0.4 is 14.8 Å². The smallest absolute Gasteiger partial charge is 0.342 e. The fourth-order valence-electron chi connectivity index (χ4n) is 3.27. The van der Waals surface area contributed by atoms with Gasteiger partial charge in [0, 0.05) is 12.5 Å². The Bertz CT molecular complexity index is 1120. The van der Waals surface area contributed by atoms with Crippen LogP contribution in [0.4, 0.5) is 5.69 Å². The van der Waals surface area contributed by atoms with Crippen LogP contribution >= 0.6 is 0 Å². The molecule has 0 bridgehead atoms. The van der Waals surface area contributed by atoms with Crippen LogP contribution in [0, 0.1) is 0 Å². The van der Waals surface area contributed by atoms with Gasteiger partial charge in [-0.05, 0) is 13.0 Å². The Kier molecular flexibility index (Phi) is 6.06. The molecule has 3 rings (SSSR count). The Balaban J connectivity index is 2.34. The maximum absolute atomic E-state index is 13.1. The minimum atomic E-state index is -0.596. The number of aromatic amines is 1. The molecule has 30 heavy (non-hydrogen) atoms. The first kappa shape index (κ1) is 20.9. The highest BCUT2D eigenvalue weighted by molar-refractivity contribution is 6.20. The minimum Gasteiger partial charge on any atom is -0.492 e. The van der Waals surface area contributed by atoms with Crippen molar-refractivity contribution in [2.24, 2.45) is 0 Å². The highest BCUT2D eigenvalue weighted by Gasteiger charge is 2.28. The van der Waals surface area contributed by atoms with Crippen LogP contribution in [0.3, 0.4) is 0 Å². The second-order valence-electron chi connectivity index (χ2n) is 6.38. The predicted molar refractivity (Wildman–Crippen MR) is 112 cm³/mol. The number of H-pyrrole nitrogens is 1. The van der Waals surface area contributed by atoms with Gasteiger partial charge >= 0.3 is 5.97 Å². The Hall–Kier alpha value is -3.81. The Morgan fingerprint density at radius 2 is 1.70 bits per heavy atom. The van der Waals surface area contributed by atoms with E-state index in [-0.39, 0.29) is 46.7 Å². The summed E-state index contributed by atoms with van der Waals surface area (Å²) in [4.78, 5) is 40.5. The van der Waals surface area contributed by atoms with Crippen molar-refractivity contribution >= 4 is 34.3 Å². The standard InChI is InChI=1S/C22H22N2O6/c1-5-30-22(27)14-11-15-16(21(29-4)20(14)28-3)17(23-12(2)25)18(24-15)19(26)13-9-7-6-8-10-13/h6-11,24H,5H2,1-4H3,(H,23,25). The Morgan fingerprint density at radius 1 is 1.03 bits per heavy atom. The van der Waals surface area contributed by atoms with Crippen molar-refractivity contribution < 1.29 is 28.6 Å². The molecule has 2 aromatic carbocycles. The number of ketones is 1. The monoisotopic (exact) mass is 410 g/mol. The number of hydrogen-bond acceptors (Lipinski definition) is 6. The first-order valence-corrected chi connectivity index (χ1v) is 9.28. The highest BCUT2D eigenvalue weighted by Crippen LogP contribution is 2.44. The number of ether oxygens (including phenoxy) is 3. The van der Waals surface area contributed by atoms with Crippen LogP contribution in [0.15, 0.2) is 36.4 Å². The lowest BCUT2D eigenvalue weighted by atomic mass is 10.0. The van der Waals surface area contributed by atoms with E-state index in [1.165, 1.54) is 27.2 Å². The molecular formula is C22H22N2O6. The van der Waals surface area contributed by atoms with E-state index < -0.39 is 5.97 Å². The van der Waals surface area contributed by atoms with E-state index in [1.807, 2.05) is 0 Å². The van der Waals surface area contributed by atoms with Crippen LogP contribution in [0.5, 0.6) is 11.5 Å². The average molecular weight is 410 g/mol. The largest absolute Gasteiger partial charge is 0.492 e. The summed E-state index contributed by atoms with van der Waals surface area (Å²) in [6.07, 6.45) is 0. The van der Waals surface area contributed by atoms with Crippen molar-refractivity contribution in [2.45, 2.75) is 13.8 Å². The number of fused-ring (bicyclic) bond motifs is 1. The van der Waals surface area contributed by atoms with Gasteiger partial charge in [0.05, 0.1) is 37.4 Å². The molecule has 0 aliphatic carbocycles. The maximum Gasteiger partial charge on any atom is 0.342 e. The van der Waals surface area contributed by atoms with Crippen LogP contribution in [0.2, 0.25) is 0 Å². The van der Waals surface area contributed by atoms with Crippen molar-refractivity contribution in [1.29, 1.82) is 0 Å². The van der Waals surface area contributed by atoms with Crippen LogP contribution in [-0.2, 0) is 9.53 Å². The minimum absolute atomic E-state index is 0.137. The number of nitrogens with one attached hydrogen (secondary N) is 2. The van der Waals surface area contributed by atoms with E-state index in [2.05, 4.69) is 10.3 Å². The third kappa shape index (κ3) is 3.71. The van der Waals surface area contributed by atoms with Crippen molar-refractivity contribution in [3.8, 4) is 11.5 Å². The predicted octanol–water partition coefficient (Wildman–Crippen LogP) is 3.55. The topological polar surface area (TPSA) is 107 Å². The average Bonchev–Trinajstić information content (AvgIpc) is 3.09. The van der Waals surface area contributed by atoms with E-state index in [1.54, 1.807) is 37.3 Å². The quantitative estimate of drug-likeness (QED) is 0.456. The molecule has 8 nitrogen and oxygen atoms in total. The van der Waals surface area contributed by atoms with Crippen molar-refractivity contribution in [2.75, 3.05) is 26.1 Å². The van der Waals surface area contributed by atoms with E-state index in [9.17, 15) is 14.4 Å². The molecule has 0 radical (unpaired) electrons. The number of esters is 1. The summed E-state index contributed by atoms with van der Waals surface area (Å²) < 4.78 is 16.1. The second-order valence-corrected chi connectivity index (χ2v) is 6.38. The molecule has 2 N–H and O–H groups in total. The SMILES string of the molecule is CCOC(=O)c1cc2[nH]c(C(=O)c3ccccc3)c(NC(C)=O)c2c(OC)c1OC. The van der Waals surface area contributed by atoms with Gasteiger partial charge in [-0.2, -0.15) is 0 Å². The van der Waals surface area contributed by atoms with Crippen LogP contribution in [0.1, 0.15) is 40.3 Å². The molecule has 0 aliphatic heterocycles. The molecule has 156 valence electrons. The van der Waals surface area contributed by atoms with Gasteiger partial charge in [-0.25, -0.2) is 4.79 Å². The van der Waals surface area contributed by atoms with Crippen molar-refractivity contribution in [3.05, 3.63) is 53.2 Å². The zero-order valence-corrected chi connectivity index (χ0v) is 17.1. The number of methoxy groups -OCH3 is 2. The molecule has 8 heteroatoms. The lowest BCUT2D eigenvalue weighted by Crippen LogP contribution is -2.11. The van der Waals surface area contributed by atoms with E-state index in [4.69, 9.17) is 14.2 Å². The van der Waals surface area contributed by atoms with E-state index in [0.29, 0.717) is 16.5 Å². The zero-order chi connectivity index (χ0) is 21.8. The third-order valence-electron chi connectivity index (χ3n) is 4.46. The number of amides is 1. The number of aromatic nitrogens is 1. The van der Waals surface area contributed by atoms with Gasteiger partial charge in [-0.1, -0.05) is 30.3 Å². The maximum atomic E-state index is 13.1. The lowest BCUT2D eigenvalue weighted by Gasteiger charge is -2.14. The number of rotatable bonds is 7. The van der Waals surface area contributed by atoms with Gasteiger partial charge in [0.2, 0.25) is 11.7 Å². The Labute approximate surface area is 173 Å². The summed E-state index contributed by atoms with van der Waals surface area (Å²) in [7, 11) is 2.81. The number of hydrogen-bond donors (Lipinski definition) is 2. The number of carbonyl (C=O) groups excluding carboxylic acids is 3. The molecule has 0 saturated heterocycles. The normalized spacial score (nSPS) is 10.5. The van der Waals surface area contributed by atoms with Gasteiger partial charge in [-0.3, -0.25) is 9.59 Å². The van der Waals surface area contributed by atoms with Crippen molar-refractivity contribution in [1.82, 2.24) is 4.98 Å². The number of anilines is 1. The van der Waals surface area contributed by atoms with E-state index >= 15 is 0 Å². The fourth-order valence-corrected chi connectivity index (χ4v) is 3.27. The summed E-state index contributed by atoms with van der Waals surface area (Å²) in [5, 5.41) is 3.12. The fraction of sp³-hybridized carbons (Fsp3) is 0.227. The molecule has 0 saturated carbocycles. The molecule has 0 spiro atoms. The summed E-state index contributed by atoms with van der Waals surface area (Å²) in [5.41, 5.74) is 1.40. The molecule has 0 unspecified atom stereocenters. The highest BCUT2D eigenvalue weighted by atomic mass is 16.5. The van der Waals surface area contributed by atoms with Crippen LogP contribution in [-0.4, -0.2) is 43.5 Å². The first-order chi connectivity index (χ1) is 14.4. The molecule has 1 heterocycles. The summed E-state index contributed by atoms with van der Waals surface area (Å²) >= 11 is 0. The van der Waals surface area contributed by atoms with Gasteiger partial charge in [-0.15, -0.1) is 0 Å². The molecule has 0 aliphatic rings.